The molecule has 1 saturated carbocycles. The summed E-state index contributed by atoms with van der Waals surface area (Å²) >= 11 is 0. The minimum atomic E-state index is -1.10. The molecule has 31 heavy (non-hydrogen) atoms. The molecule has 1 N–H and O–H groups in total. The van der Waals surface area contributed by atoms with Crippen LogP contribution < -0.4 is 0 Å². The van der Waals surface area contributed by atoms with Crippen molar-refractivity contribution in [3.05, 3.63) is 71.5 Å². The molecule has 5 heteroatoms. The van der Waals surface area contributed by atoms with Gasteiger partial charge in [0, 0.05) is 19.5 Å². The van der Waals surface area contributed by atoms with Gasteiger partial charge in [0.05, 0.1) is 17.6 Å². The second kappa shape index (κ2) is 7.72. The largest absolute Gasteiger partial charge is 0.383 e. The predicted molar refractivity (Wildman–Crippen MR) is 116 cm³/mol. The number of hydrogen-bond acceptors (Lipinski definition) is 3. The van der Waals surface area contributed by atoms with E-state index in [-0.39, 0.29) is 18.3 Å². The Balaban J connectivity index is 1.29. The molecule has 2 aromatic rings. The van der Waals surface area contributed by atoms with E-state index in [1.165, 1.54) is 12.1 Å². The average molecular weight is 424 g/mol. The molecule has 0 radical (unpaired) electrons. The fourth-order valence-electron chi connectivity index (χ4n) is 5.96. The highest BCUT2D eigenvalue weighted by molar-refractivity contribution is 5.88. The Morgan fingerprint density at radius 1 is 0.903 bits per heavy atom. The molecular formula is C26H30FNO3. The highest BCUT2D eigenvalue weighted by Crippen LogP contribution is 2.47. The zero-order valence-corrected chi connectivity index (χ0v) is 17.9. The van der Waals surface area contributed by atoms with Crippen LogP contribution in [0.25, 0.3) is 0 Å². The van der Waals surface area contributed by atoms with Crippen LogP contribution in [0.4, 0.5) is 4.39 Å². The Morgan fingerprint density at radius 3 is 2.19 bits per heavy atom. The van der Waals surface area contributed by atoms with E-state index >= 15 is 0 Å². The minimum Gasteiger partial charge on any atom is -0.383 e. The van der Waals surface area contributed by atoms with Gasteiger partial charge in [-0.2, -0.15) is 0 Å². The van der Waals surface area contributed by atoms with Crippen molar-refractivity contribution in [2.24, 2.45) is 0 Å². The molecule has 0 aromatic heterocycles. The van der Waals surface area contributed by atoms with Crippen molar-refractivity contribution in [3.8, 4) is 0 Å². The van der Waals surface area contributed by atoms with E-state index in [2.05, 4.69) is 12.1 Å². The van der Waals surface area contributed by atoms with Crippen LogP contribution >= 0.6 is 0 Å². The minimum absolute atomic E-state index is 0.209. The van der Waals surface area contributed by atoms with Crippen molar-refractivity contribution in [2.45, 2.75) is 61.6 Å². The number of ether oxygens (including phenoxy) is 1. The molecule has 1 unspecified atom stereocenters. The van der Waals surface area contributed by atoms with E-state index in [9.17, 15) is 14.3 Å². The van der Waals surface area contributed by atoms with Crippen molar-refractivity contribution < 1.29 is 19.0 Å². The van der Waals surface area contributed by atoms with E-state index < -0.39 is 16.6 Å². The summed E-state index contributed by atoms with van der Waals surface area (Å²) in [5.74, 6) is -0.0649. The van der Waals surface area contributed by atoms with Gasteiger partial charge in [0.2, 0.25) is 5.91 Å². The van der Waals surface area contributed by atoms with Crippen molar-refractivity contribution in [1.82, 2.24) is 4.90 Å². The number of hydrogen-bond donors (Lipinski definition) is 1. The lowest BCUT2D eigenvalue weighted by Gasteiger charge is -2.42. The number of amides is 1. The van der Waals surface area contributed by atoms with E-state index in [0.29, 0.717) is 37.9 Å². The summed E-state index contributed by atoms with van der Waals surface area (Å²) in [6.07, 6.45) is 5.92. The van der Waals surface area contributed by atoms with Crippen molar-refractivity contribution in [3.63, 3.8) is 0 Å². The maximum Gasteiger partial charge on any atom is 0.233 e. The molecule has 0 bridgehead atoms. The molecule has 2 aliphatic heterocycles. The summed E-state index contributed by atoms with van der Waals surface area (Å²) < 4.78 is 19.5. The highest BCUT2D eigenvalue weighted by Gasteiger charge is 2.52. The van der Waals surface area contributed by atoms with Crippen LogP contribution in [0.2, 0.25) is 0 Å². The van der Waals surface area contributed by atoms with E-state index in [4.69, 9.17) is 4.74 Å². The number of halogens is 1. The topological polar surface area (TPSA) is 49.8 Å². The first-order chi connectivity index (χ1) is 14.9. The van der Waals surface area contributed by atoms with Gasteiger partial charge in [0.1, 0.15) is 11.4 Å². The Bertz CT molecular complexity index is 931. The third kappa shape index (κ3) is 3.58. The van der Waals surface area contributed by atoms with Gasteiger partial charge in [-0.1, -0.05) is 55.3 Å². The van der Waals surface area contributed by atoms with Gasteiger partial charge in [-0.05, 0) is 48.9 Å². The monoisotopic (exact) mass is 423 g/mol. The van der Waals surface area contributed by atoms with Crippen LogP contribution in [-0.2, 0) is 20.5 Å². The lowest BCUT2D eigenvalue weighted by atomic mass is 9.76. The molecule has 1 amide bonds. The number of piperidine rings is 1. The molecular weight excluding hydrogens is 393 g/mol. The fourth-order valence-corrected chi connectivity index (χ4v) is 5.96. The van der Waals surface area contributed by atoms with Gasteiger partial charge in [-0.15, -0.1) is 0 Å². The van der Waals surface area contributed by atoms with Gasteiger partial charge < -0.3 is 14.7 Å². The summed E-state index contributed by atoms with van der Waals surface area (Å²) in [4.78, 5) is 15.7. The third-order valence-corrected chi connectivity index (χ3v) is 7.77. The van der Waals surface area contributed by atoms with Gasteiger partial charge in [-0.3, -0.25) is 4.79 Å². The maximum atomic E-state index is 13.7. The molecule has 1 spiro atoms. The van der Waals surface area contributed by atoms with Crippen LogP contribution in [0.5, 0.6) is 0 Å². The molecule has 2 aromatic carbocycles. The Kier molecular flexibility index (Phi) is 5.14. The molecule has 3 fully saturated rings. The SMILES string of the molecule is O=C(N1CCC2(CC1)CC(O)(c1ccc(F)cc1)CO2)C1(c2ccccc2)CCCC1. The Labute approximate surface area is 183 Å². The lowest BCUT2D eigenvalue weighted by Crippen LogP contribution is -2.52. The molecule has 2 heterocycles. The van der Waals surface area contributed by atoms with Crippen molar-refractivity contribution in [2.75, 3.05) is 19.7 Å². The number of rotatable bonds is 3. The summed E-state index contributed by atoms with van der Waals surface area (Å²) in [6, 6.07) is 16.3. The summed E-state index contributed by atoms with van der Waals surface area (Å²) in [7, 11) is 0. The average Bonchev–Trinajstić information content (AvgIpc) is 3.42. The smallest absolute Gasteiger partial charge is 0.233 e. The second-order valence-electron chi connectivity index (χ2n) is 9.63. The lowest BCUT2D eigenvalue weighted by molar-refractivity contribution is -0.142. The Hall–Kier alpha value is -2.24. The van der Waals surface area contributed by atoms with Crippen LogP contribution in [0.1, 0.15) is 56.1 Å². The zero-order valence-electron chi connectivity index (χ0n) is 17.9. The molecule has 1 atom stereocenters. The first-order valence-corrected chi connectivity index (χ1v) is 11.4. The summed E-state index contributed by atoms with van der Waals surface area (Å²) in [6.45, 7) is 1.50. The van der Waals surface area contributed by atoms with E-state index in [0.717, 1.165) is 31.2 Å². The zero-order chi connectivity index (χ0) is 21.5. The number of aliphatic hydroxyl groups is 1. The van der Waals surface area contributed by atoms with Gasteiger partial charge in [0.15, 0.2) is 0 Å². The Morgan fingerprint density at radius 2 is 1.55 bits per heavy atom. The van der Waals surface area contributed by atoms with Gasteiger partial charge in [0.25, 0.3) is 0 Å². The predicted octanol–water partition coefficient (Wildman–Crippen LogP) is 4.31. The molecule has 1 aliphatic carbocycles. The standard InChI is InChI=1S/C26H30FNO3/c27-22-10-8-21(9-11-22)26(30)18-24(31-19-26)14-16-28(17-15-24)23(29)25(12-4-5-13-25)20-6-2-1-3-7-20/h1-3,6-11,30H,4-5,12-19H2. The molecule has 4 nitrogen and oxygen atoms in total. The normalized spacial score (nSPS) is 27.0. The van der Waals surface area contributed by atoms with Gasteiger partial charge >= 0.3 is 0 Å². The molecule has 5 rings (SSSR count). The number of nitrogens with zero attached hydrogens (tertiary/aromatic N) is 1. The molecule has 164 valence electrons. The first kappa shape index (κ1) is 20.7. The quantitative estimate of drug-likeness (QED) is 0.801. The van der Waals surface area contributed by atoms with Crippen LogP contribution in [0.15, 0.2) is 54.6 Å². The van der Waals surface area contributed by atoms with E-state index in [1.54, 1.807) is 12.1 Å². The number of carbonyl (C=O) groups is 1. The van der Waals surface area contributed by atoms with Crippen LogP contribution in [0, 0.1) is 5.82 Å². The van der Waals surface area contributed by atoms with Crippen molar-refractivity contribution in [1.29, 1.82) is 0 Å². The molecule has 2 saturated heterocycles. The number of benzene rings is 2. The fraction of sp³-hybridized carbons (Fsp3) is 0.500. The van der Waals surface area contributed by atoms with E-state index in [1.807, 2.05) is 23.1 Å². The number of likely N-dealkylation sites (tertiary alicyclic amines) is 1. The first-order valence-electron chi connectivity index (χ1n) is 11.4. The number of carbonyl (C=O) groups excluding carboxylic acids is 1. The van der Waals surface area contributed by atoms with Gasteiger partial charge in [-0.25, -0.2) is 4.39 Å². The van der Waals surface area contributed by atoms with Crippen LogP contribution in [-0.4, -0.2) is 41.2 Å². The van der Waals surface area contributed by atoms with Crippen molar-refractivity contribution >= 4 is 5.91 Å². The third-order valence-electron chi connectivity index (χ3n) is 7.77. The molecule has 3 aliphatic rings. The maximum absolute atomic E-state index is 13.7. The summed E-state index contributed by atoms with van der Waals surface area (Å²) in [5.41, 5.74) is -0.0812. The van der Waals surface area contributed by atoms with Crippen LogP contribution in [0.3, 0.4) is 0 Å². The summed E-state index contributed by atoms with van der Waals surface area (Å²) in [5, 5.41) is 11.2. The second-order valence-corrected chi connectivity index (χ2v) is 9.63. The highest BCUT2D eigenvalue weighted by atomic mass is 19.1.